The highest BCUT2D eigenvalue weighted by atomic mass is 19.5. The Kier molecular flexibility index (Phi) is 6.27. The van der Waals surface area contributed by atoms with Gasteiger partial charge in [-0.1, -0.05) is 0 Å². The molecule has 0 unspecified atom stereocenters. The molecule has 0 amide bonds. The number of rotatable bonds is 0. The highest BCUT2D eigenvalue weighted by molar-refractivity contribution is 6.50. The van der Waals surface area contributed by atoms with E-state index in [1.54, 1.807) is 0 Å². The average Bonchev–Trinajstić information content (AvgIpc) is 2.16. The summed E-state index contributed by atoms with van der Waals surface area (Å²) in [5, 5.41) is 0. The number of hydrogen-bond donors (Lipinski definition) is 0. The maximum Gasteiger partial charge on any atom is 0.673 e. The van der Waals surface area contributed by atoms with Crippen molar-refractivity contribution >= 4 is 14.5 Å². The van der Waals surface area contributed by atoms with Crippen LogP contribution < -0.4 is 0 Å². The van der Waals surface area contributed by atoms with Crippen molar-refractivity contribution < 1.29 is 48.2 Å². The van der Waals surface area contributed by atoms with Gasteiger partial charge in [0.1, 0.15) is 19.6 Å². The van der Waals surface area contributed by atoms with Gasteiger partial charge in [0.05, 0.1) is 7.05 Å². The van der Waals surface area contributed by atoms with Crippen molar-refractivity contribution in [2.24, 2.45) is 0 Å². The highest BCUT2D eigenvalue weighted by Crippen LogP contribution is 2.24. The molecule has 0 radical (unpaired) electrons. The molecule has 3 rings (SSSR count). The lowest BCUT2D eigenvalue weighted by atomic mass is 10.2. The smallest absolute Gasteiger partial charge is 0.418 e. The minimum atomic E-state index is -6.00. The lowest BCUT2D eigenvalue weighted by Gasteiger charge is -2.47. The Morgan fingerprint density at radius 3 is 0.950 bits per heavy atom. The molecule has 0 atom stereocenters. The monoisotopic (exact) mass is 320 g/mol. The summed E-state index contributed by atoms with van der Waals surface area (Å²) in [5.41, 5.74) is 0. The largest absolute Gasteiger partial charge is 0.673 e. The van der Waals surface area contributed by atoms with Crippen molar-refractivity contribution in [3.63, 3.8) is 0 Å². The second-order valence-electron chi connectivity index (χ2n) is 4.98. The minimum Gasteiger partial charge on any atom is -0.418 e. The molecular formula is C7H15B2F9N2. The van der Waals surface area contributed by atoms with E-state index in [2.05, 4.69) is 7.05 Å². The fourth-order valence-corrected chi connectivity index (χ4v) is 1.93. The quantitative estimate of drug-likeness (QED) is 0.279. The standard InChI is InChI=1S/C7H15FN2.2BF4/c1-9-2-5-10(8,6-3-9)7-4-9;2*2-1(3,4)5/h2-7H2,1H3;;/q+2;2*-1. The number of quaternary nitrogens is 2. The maximum atomic E-state index is 13.4. The van der Waals surface area contributed by atoms with Gasteiger partial charge in [-0.3, -0.25) is 0 Å². The van der Waals surface area contributed by atoms with Crippen LogP contribution in [0, 0.1) is 0 Å². The second kappa shape index (κ2) is 6.46. The predicted octanol–water partition coefficient (Wildman–Crippen LogP) is 2.76. The van der Waals surface area contributed by atoms with Crippen LogP contribution in [0.1, 0.15) is 0 Å². The van der Waals surface area contributed by atoms with Crippen LogP contribution in [-0.2, 0) is 0 Å². The van der Waals surface area contributed by atoms with Crippen molar-refractivity contribution in [2.45, 2.75) is 0 Å². The van der Waals surface area contributed by atoms with Gasteiger partial charge in [-0.15, -0.1) is 4.71 Å². The van der Waals surface area contributed by atoms with Crippen LogP contribution >= 0.6 is 0 Å². The summed E-state index contributed by atoms with van der Waals surface area (Å²) in [6.45, 7) is 5.35. The molecule has 3 aliphatic rings. The van der Waals surface area contributed by atoms with Crippen molar-refractivity contribution in [1.82, 2.24) is 0 Å². The van der Waals surface area contributed by atoms with E-state index in [-0.39, 0.29) is 4.71 Å². The summed E-state index contributed by atoms with van der Waals surface area (Å²) in [5.74, 6) is 0. The van der Waals surface area contributed by atoms with Crippen LogP contribution in [0.25, 0.3) is 0 Å². The van der Waals surface area contributed by atoms with E-state index in [0.717, 1.165) is 43.8 Å². The molecule has 0 N–H and O–H groups in total. The van der Waals surface area contributed by atoms with E-state index < -0.39 is 14.5 Å². The molecule has 13 heteroatoms. The molecule has 3 fully saturated rings. The SMILES string of the molecule is C[N+]12CC[N+](F)(CC1)CC2.F[B-](F)(F)F.F[B-](F)(F)F. The van der Waals surface area contributed by atoms with Crippen LogP contribution in [0.3, 0.4) is 0 Å². The van der Waals surface area contributed by atoms with Gasteiger partial charge >= 0.3 is 14.5 Å². The predicted molar refractivity (Wildman–Crippen MR) is 57.1 cm³/mol. The van der Waals surface area contributed by atoms with E-state index >= 15 is 0 Å². The molecule has 3 heterocycles. The Hall–Kier alpha value is -0.580. The number of nitrogens with zero attached hydrogens (tertiary/aromatic N) is 2. The van der Waals surface area contributed by atoms with Crippen molar-refractivity contribution in [1.29, 1.82) is 0 Å². The molecule has 2 bridgehead atoms. The van der Waals surface area contributed by atoms with Crippen molar-refractivity contribution in [2.75, 3.05) is 46.3 Å². The molecule has 0 aliphatic carbocycles. The third kappa shape index (κ3) is 11.3. The Bertz CT molecular complexity index is 239. The number of fused-ring (bicyclic) bond motifs is 3. The molecule has 20 heavy (non-hydrogen) atoms. The van der Waals surface area contributed by atoms with E-state index in [1.807, 2.05) is 0 Å². The number of likely N-dealkylation sites (N-methyl/N-ethyl adjacent to an activating group) is 1. The lowest BCUT2D eigenvalue weighted by Crippen LogP contribution is -2.70. The molecule has 0 aromatic rings. The third-order valence-electron chi connectivity index (χ3n) is 3.12. The molecule has 3 aliphatic heterocycles. The normalized spacial score (nSPS) is 32.7. The summed E-state index contributed by atoms with van der Waals surface area (Å²) in [6, 6.07) is 0. The van der Waals surface area contributed by atoms with Gasteiger partial charge in [0.25, 0.3) is 0 Å². The van der Waals surface area contributed by atoms with Crippen LogP contribution in [0.15, 0.2) is 0 Å². The fraction of sp³-hybridized carbons (Fsp3) is 1.00. The highest BCUT2D eigenvalue weighted by Gasteiger charge is 2.48. The first kappa shape index (κ1) is 19.4. The van der Waals surface area contributed by atoms with E-state index in [1.165, 1.54) is 0 Å². The summed E-state index contributed by atoms with van der Waals surface area (Å²) >= 11 is 0. The van der Waals surface area contributed by atoms with Gasteiger partial charge < -0.3 is 39.0 Å². The molecule has 2 nitrogen and oxygen atoms in total. The van der Waals surface area contributed by atoms with Gasteiger partial charge in [0.2, 0.25) is 0 Å². The minimum absolute atomic E-state index is 0.145. The van der Waals surface area contributed by atoms with Crippen LogP contribution in [0.5, 0.6) is 0 Å². The molecule has 3 saturated heterocycles. The van der Waals surface area contributed by atoms with Gasteiger partial charge in [-0.25, -0.2) is 0 Å². The first-order valence-corrected chi connectivity index (χ1v) is 5.76. The zero-order chi connectivity index (χ0) is 16.2. The summed E-state index contributed by atoms with van der Waals surface area (Å²) in [6.07, 6.45) is 0. The Morgan fingerprint density at radius 2 is 0.800 bits per heavy atom. The van der Waals surface area contributed by atoms with E-state index in [4.69, 9.17) is 0 Å². The summed E-state index contributed by atoms with van der Waals surface area (Å²) < 4.78 is 92.4. The lowest BCUT2D eigenvalue weighted by molar-refractivity contribution is -1.14. The topological polar surface area (TPSA) is 0 Å². The maximum absolute atomic E-state index is 13.4. The first-order valence-electron chi connectivity index (χ1n) is 5.76. The van der Waals surface area contributed by atoms with Crippen LogP contribution in [0.4, 0.5) is 39.0 Å². The molecule has 0 saturated carbocycles. The number of piperazine rings is 3. The summed E-state index contributed by atoms with van der Waals surface area (Å²) in [7, 11) is -9.76. The van der Waals surface area contributed by atoms with Crippen LogP contribution in [0.2, 0.25) is 0 Å². The third-order valence-corrected chi connectivity index (χ3v) is 3.12. The van der Waals surface area contributed by atoms with Gasteiger partial charge in [-0.05, 0) is 4.48 Å². The second-order valence-corrected chi connectivity index (χ2v) is 4.98. The molecule has 122 valence electrons. The van der Waals surface area contributed by atoms with Crippen molar-refractivity contribution in [3.05, 3.63) is 0 Å². The molecule has 0 aromatic carbocycles. The van der Waals surface area contributed by atoms with Gasteiger partial charge in [-0.2, -0.15) is 0 Å². The molecular weight excluding hydrogens is 305 g/mol. The molecule has 0 aromatic heterocycles. The molecule has 0 spiro atoms. The zero-order valence-corrected chi connectivity index (χ0v) is 10.7. The van der Waals surface area contributed by atoms with Gasteiger partial charge in [0.15, 0.2) is 19.6 Å². The van der Waals surface area contributed by atoms with E-state index in [0.29, 0.717) is 0 Å². The van der Waals surface area contributed by atoms with Gasteiger partial charge in [0, 0.05) is 0 Å². The number of hydrogen-bond acceptors (Lipinski definition) is 0. The zero-order valence-electron chi connectivity index (χ0n) is 10.7. The van der Waals surface area contributed by atoms with Crippen molar-refractivity contribution in [3.8, 4) is 0 Å². The fourth-order valence-electron chi connectivity index (χ4n) is 1.93. The average molecular weight is 320 g/mol. The van der Waals surface area contributed by atoms with E-state index in [9.17, 15) is 39.0 Å². The first-order chi connectivity index (χ1) is 8.62. The Labute approximate surface area is 110 Å². The number of halogens is 9. The Morgan fingerprint density at radius 1 is 0.600 bits per heavy atom. The Balaban J connectivity index is 0.000000310. The van der Waals surface area contributed by atoms with Crippen LogP contribution in [-0.4, -0.2) is 70.0 Å². The summed E-state index contributed by atoms with van der Waals surface area (Å²) in [4.78, 5) is 0.